The molecule has 1 heterocycles. The van der Waals surface area contributed by atoms with Gasteiger partial charge in [-0.3, -0.25) is 4.79 Å². The van der Waals surface area contributed by atoms with Crippen molar-refractivity contribution in [3.05, 3.63) is 21.6 Å². The molecule has 3 nitrogen and oxygen atoms in total. The molecule has 0 aromatic carbocycles. The van der Waals surface area contributed by atoms with E-state index in [1.165, 1.54) is 11.3 Å². The number of rotatable bonds is 3. The lowest BCUT2D eigenvalue weighted by molar-refractivity contribution is -0.118. The Labute approximate surface area is 120 Å². The van der Waals surface area contributed by atoms with E-state index in [0.717, 1.165) is 5.69 Å². The lowest BCUT2D eigenvalue weighted by Crippen LogP contribution is -2.16. The van der Waals surface area contributed by atoms with E-state index in [-0.39, 0.29) is 27.6 Å². The summed E-state index contributed by atoms with van der Waals surface area (Å²) in [5, 5.41) is 5.38. The Morgan fingerprint density at radius 1 is 1.56 bits per heavy atom. The van der Waals surface area contributed by atoms with Gasteiger partial charge in [-0.25, -0.2) is 4.98 Å². The number of thiazole rings is 1. The molecule has 0 saturated heterocycles. The maximum Gasteiger partial charge on any atom is 0.230 e. The molecule has 1 aromatic rings. The van der Waals surface area contributed by atoms with Gasteiger partial charge in [-0.1, -0.05) is 37.0 Å². The molecule has 2 rings (SSSR count). The van der Waals surface area contributed by atoms with Crippen molar-refractivity contribution in [1.29, 1.82) is 0 Å². The molecule has 2 atom stereocenters. The molecule has 0 bridgehead atoms. The van der Waals surface area contributed by atoms with Gasteiger partial charge in [0, 0.05) is 5.38 Å². The lowest BCUT2D eigenvalue weighted by Gasteiger charge is -2.02. The van der Waals surface area contributed by atoms with Gasteiger partial charge < -0.3 is 5.32 Å². The summed E-state index contributed by atoms with van der Waals surface area (Å²) in [6.45, 7) is 5.95. The van der Waals surface area contributed by atoms with E-state index < -0.39 is 0 Å². The monoisotopic (exact) mass is 304 g/mol. The van der Waals surface area contributed by atoms with Crippen LogP contribution in [0.1, 0.15) is 19.5 Å². The second-order valence-corrected chi connectivity index (χ2v) is 6.93. The second kappa shape index (κ2) is 4.83. The predicted octanol–water partition coefficient (Wildman–Crippen LogP) is 3.98. The number of hydrogen-bond donors (Lipinski definition) is 1. The van der Waals surface area contributed by atoms with Crippen LogP contribution in [0.25, 0.3) is 0 Å². The molecule has 18 heavy (non-hydrogen) atoms. The number of anilines is 1. The predicted molar refractivity (Wildman–Crippen MR) is 76.0 cm³/mol. The third kappa shape index (κ3) is 2.71. The van der Waals surface area contributed by atoms with Gasteiger partial charge in [-0.2, -0.15) is 0 Å². The molecule has 0 aliphatic heterocycles. The number of carbonyl (C=O) groups is 1. The van der Waals surface area contributed by atoms with Crippen molar-refractivity contribution in [2.24, 2.45) is 17.3 Å². The van der Waals surface area contributed by atoms with E-state index in [2.05, 4.69) is 10.3 Å². The number of aromatic nitrogens is 1. The van der Waals surface area contributed by atoms with Gasteiger partial charge in [-0.05, 0) is 24.3 Å². The zero-order valence-corrected chi connectivity index (χ0v) is 12.7. The third-order valence-corrected chi connectivity index (χ3v) is 4.48. The molecule has 2 unspecified atom stereocenters. The highest BCUT2D eigenvalue weighted by Crippen LogP contribution is 2.60. The summed E-state index contributed by atoms with van der Waals surface area (Å²) in [4.78, 5) is 16.3. The quantitative estimate of drug-likeness (QED) is 0.917. The molecule has 1 fully saturated rings. The smallest absolute Gasteiger partial charge is 0.230 e. The van der Waals surface area contributed by atoms with Crippen LogP contribution in [0.15, 0.2) is 15.9 Å². The molecule has 1 N–H and O–H groups in total. The van der Waals surface area contributed by atoms with Crippen molar-refractivity contribution >= 4 is 45.6 Å². The molecule has 98 valence electrons. The molecular weight excluding hydrogens is 291 g/mol. The molecular formula is C12H14Cl2N2OS. The Kier molecular flexibility index (Phi) is 3.72. The summed E-state index contributed by atoms with van der Waals surface area (Å²) in [6.07, 6.45) is 1.74. The van der Waals surface area contributed by atoms with Gasteiger partial charge in [0.25, 0.3) is 0 Å². The second-order valence-electron chi connectivity index (χ2n) is 5.06. The molecule has 1 aliphatic carbocycles. The summed E-state index contributed by atoms with van der Waals surface area (Å²) >= 11 is 12.7. The van der Waals surface area contributed by atoms with Crippen LogP contribution in [-0.2, 0) is 4.79 Å². The maximum atomic E-state index is 12.1. The normalized spacial score (nSPS) is 24.5. The van der Waals surface area contributed by atoms with Crippen molar-refractivity contribution in [2.75, 3.05) is 5.32 Å². The fourth-order valence-electron chi connectivity index (χ4n) is 2.22. The standard InChI is InChI=1S/C12H14Cl2N2OS/c1-6-5-18-11(15-6)16-10(17)9-7(4-8(13)14)12(9,2)3/h4-5,7,9H,1-3H3,(H,15,16,17). The highest BCUT2D eigenvalue weighted by Gasteiger charge is 2.60. The van der Waals surface area contributed by atoms with Crippen LogP contribution in [0.5, 0.6) is 0 Å². The van der Waals surface area contributed by atoms with E-state index >= 15 is 0 Å². The summed E-state index contributed by atoms with van der Waals surface area (Å²) in [5.41, 5.74) is 0.802. The van der Waals surface area contributed by atoms with Crippen LogP contribution < -0.4 is 5.32 Å². The first kappa shape index (κ1) is 13.8. The van der Waals surface area contributed by atoms with Crippen LogP contribution >= 0.6 is 34.5 Å². The molecule has 1 aromatic heterocycles. The van der Waals surface area contributed by atoms with Gasteiger partial charge in [0.15, 0.2) is 5.13 Å². The number of carbonyl (C=O) groups excluding carboxylic acids is 1. The Hall–Kier alpha value is -0.580. The number of allylic oxidation sites excluding steroid dienone is 1. The summed E-state index contributed by atoms with van der Waals surface area (Å²) in [6, 6.07) is 0. The first-order valence-electron chi connectivity index (χ1n) is 5.58. The number of aryl methyl sites for hydroxylation is 1. The van der Waals surface area contributed by atoms with Gasteiger partial charge in [0.05, 0.1) is 11.6 Å². The third-order valence-electron chi connectivity index (χ3n) is 3.35. The Morgan fingerprint density at radius 2 is 2.22 bits per heavy atom. The van der Waals surface area contributed by atoms with E-state index in [0.29, 0.717) is 5.13 Å². The summed E-state index contributed by atoms with van der Waals surface area (Å²) in [7, 11) is 0. The minimum Gasteiger partial charge on any atom is -0.302 e. The largest absolute Gasteiger partial charge is 0.302 e. The zero-order chi connectivity index (χ0) is 13.5. The fraction of sp³-hybridized carbons (Fsp3) is 0.500. The van der Waals surface area contributed by atoms with E-state index in [1.54, 1.807) is 6.08 Å². The lowest BCUT2D eigenvalue weighted by atomic mass is 10.1. The minimum absolute atomic E-state index is 0.0230. The topological polar surface area (TPSA) is 42.0 Å². The van der Waals surface area contributed by atoms with E-state index in [1.807, 2.05) is 26.2 Å². The molecule has 0 radical (unpaired) electrons. The van der Waals surface area contributed by atoms with Crippen molar-refractivity contribution in [3.63, 3.8) is 0 Å². The van der Waals surface area contributed by atoms with Gasteiger partial charge in [0.1, 0.15) is 4.49 Å². The van der Waals surface area contributed by atoms with Crippen LogP contribution in [0.2, 0.25) is 0 Å². The van der Waals surface area contributed by atoms with Gasteiger partial charge in [0.2, 0.25) is 5.91 Å². The zero-order valence-electron chi connectivity index (χ0n) is 10.3. The number of nitrogens with one attached hydrogen (secondary N) is 1. The molecule has 1 aliphatic rings. The summed E-state index contributed by atoms with van der Waals surface area (Å²) < 4.78 is 0.216. The minimum atomic E-state index is -0.106. The van der Waals surface area contributed by atoms with Gasteiger partial charge in [-0.15, -0.1) is 11.3 Å². The number of amides is 1. The summed E-state index contributed by atoms with van der Waals surface area (Å²) in [5.74, 6) is -0.0389. The molecule has 6 heteroatoms. The number of hydrogen-bond acceptors (Lipinski definition) is 3. The highest BCUT2D eigenvalue weighted by molar-refractivity contribution is 7.13. The molecule has 1 amide bonds. The van der Waals surface area contributed by atoms with Crippen LogP contribution in [0, 0.1) is 24.2 Å². The Balaban J connectivity index is 2.05. The number of halogens is 2. The van der Waals surface area contributed by atoms with Crippen LogP contribution in [-0.4, -0.2) is 10.9 Å². The van der Waals surface area contributed by atoms with Crippen molar-refractivity contribution in [1.82, 2.24) is 4.98 Å². The number of nitrogens with zero attached hydrogens (tertiary/aromatic N) is 1. The Bertz CT molecular complexity index is 506. The first-order valence-corrected chi connectivity index (χ1v) is 7.21. The van der Waals surface area contributed by atoms with Gasteiger partial charge >= 0.3 is 0 Å². The highest BCUT2D eigenvalue weighted by atomic mass is 35.5. The SMILES string of the molecule is Cc1csc(NC(=O)C2C(C=C(Cl)Cl)C2(C)C)n1. The molecule has 1 saturated carbocycles. The van der Waals surface area contributed by atoms with Crippen LogP contribution in [0.3, 0.4) is 0 Å². The van der Waals surface area contributed by atoms with Crippen molar-refractivity contribution in [2.45, 2.75) is 20.8 Å². The van der Waals surface area contributed by atoms with E-state index in [9.17, 15) is 4.79 Å². The first-order chi connectivity index (χ1) is 8.32. The van der Waals surface area contributed by atoms with E-state index in [4.69, 9.17) is 23.2 Å². The fourth-order valence-corrected chi connectivity index (χ4v) is 3.18. The average molecular weight is 305 g/mol. The average Bonchev–Trinajstić information content (AvgIpc) is 2.56. The van der Waals surface area contributed by atoms with Crippen molar-refractivity contribution in [3.8, 4) is 0 Å². The van der Waals surface area contributed by atoms with Crippen molar-refractivity contribution < 1.29 is 4.79 Å². The van der Waals surface area contributed by atoms with Crippen LogP contribution in [0.4, 0.5) is 5.13 Å². The maximum absolute atomic E-state index is 12.1. The molecule has 0 spiro atoms. The Morgan fingerprint density at radius 3 is 2.72 bits per heavy atom.